The second-order valence-corrected chi connectivity index (χ2v) is 5.78. The molecule has 98 valence electrons. The van der Waals surface area contributed by atoms with E-state index >= 15 is 0 Å². The molecule has 2 heterocycles. The van der Waals surface area contributed by atoms with E-state index in [4.69, 9.17) is 0 Å². The first-order chi connectivity index (χ1) is 8.68. The van der Waals surface area contributed by atoms with Gasteiger partial charge in [0.05, 0.1) is 0 Å². The third-order valence-corrected chi connectivity index (χ3v) is 4.01. The summed E-state index contributed by atoms with van der Waals surface area (Å²) in [6, 6.07) is 3.66. The normalized spacial score (nSPS) is 16.2. The number of nitrogens with zero attached hydrogens (tertiary/aromatic N) is 3. The lowest BCUT2D eigenvalue weighted by atomic mass is 10.2. The fraction of sp³-hybridized carbons (Fsp3) is 0.538. The van der Waals surface area contributed by atoms with Crippen LogP contribution in [-0.4, -0.2) is 54.5 Å². The van der Waals surface area contributed by atoms with Gasteiger partial charge in [-0.3, -0.25) is 4.79 Å². The molecular formula is C13H19N3OS. The highest BCUT2D eigenvalue weighted by Crippen LogP contribution is 2.15. The molecule has 1 fully saturated rings. The van der Waals surface area contributed by atoms with Crippen molar-refractivity contribution in [1.29, 1.82) is 0 Å². The first kappa shape index (κ1) is 13.2. The van der Waals surface area contributed by atoms with Crippen LogP contribution in [-0.2, 0) is 0 Å². The topological polar surface area (TPSA) is 36.4 Å². The van der Waals surface area contributed by atoms with Crippen molar-refractivity contribution in [2.75, 3.05) is 43.6 Å². The fourth-order valence-corrected chi connectivity index (χ4v) is 2.81. The zero-order valence-electron chi connectivity index (χ0n) is 10.9. The molecule has 1 aliphatic rings. The van der Waals surface area contributed by atoms with Crippen molar-refractivity contribution >= 4 is 23.5 Å². The van der Waals surface area contributed by atoms with Crippen molar-refractivity contribution in [1.82, 2.24) is 9.88 Å². The zero-order valence-corrected chi connectivity index (χ0v) is 11.7. The summed E-state index contributed by atoms with van der Waals surface area (Å²) in [6.45, 7) is 1.72. The van der Waals surface area contributed by atoms with Crippen LogP contribution in [0.2, 0.25) is 0 Å². The van der Waals surface area contributed by atoms with Crippen molar-refractivity contribution < 1.29 is 4.79 Å². The van der Waals surface area contributed by atoms with Gasteiger partial charge in [0.1, 0.15) is 5.82 Å². The molecule has 5 heteroatoms. The van der Waals surface area contributed by atoms with Gasteiger partial charge in [0.2, 0.25) is 0 Å². The Balaban J connectivity index is 2.14. The first-order valence-electron chi connectivity index (χ1n) is 6.19. The quantitative estimate of drug-likeness (QED) is 0.816. The van der Waals surface area contributed by atoms with Crippen molar-refractivity contribution in [3.63, 3.8) is 0 Å². The molecule has 1 amide bonds. The van der Waals surface area contributed by atoms with Gasteiger partial charge in [-0.05, 0) is 24.3 Å². The van der Waals surface area contributed by atoms with Crippen LogP contribution < -0.4 is 4.90 Å². The average Bonchev–Trinajstić information content (AvgIpc) is 2.67. The van der Waals surface area contributed by atoms with E-state index in [1.807, 2.05) is 41.7 Å². The molecule has 0 bridgehead atoms. The molecule has 1 aliphatic heterocycles. The van der Waals surface area contributed by atoms with Crippen LogP contribution in [0.15, 0.2) is 18.3 Å². The molecule has 1 saturated heterocycles. The molecule has 1 aromatic rings. The van der Waals surface area contributed by atoms with Crippen LogP contribution in [0.25, 0.3) is 0 Å². The molecule has 0 aromatic carbocycles. The van der Waals surface area contributed by atoms with Gasteiger partial charge in [-0.15, -0.1) is 0 Å². The van der Waals surface area contributed by atoms with E-state index in [0.717, 1.165) is 42.4 Å². The van der Waals surface area contributed by atoms with E-state index < -0.39 is 0 Å². The minimum absolute atomic E-state index is 0.128. The highest BCUT2D eigenvalue weighted by atomic mass is 32.2. The van der Waals surface area contributed by atoms with Crippen molar-refractivity contribution in [2.24, 2.45) is 0 Å². The molecule has 18 heavy (non-hydrogen) atoms. The highest BCUT2D eigenvalue weighted by Gasteiger charge is 2.17. The van der Waals surface area contributed by atoms with Crippen LogP contribution in [0.1, 0.15) is 16.8 Å². The molecular weight excluding hydrogens is 246 g/mol. The summed E-state index contributed by atoms with van der Waals surface area (Å²) in [5.41, 5.74) is 0.737. The SMILES string of the molecule is CN(C)c1cc(C(=O)N2CCCSCC2)ccn1. The average molecular weight is 265 g/mol. The fourth-order valence-electron chi connectivity index (χ4n) is 1.93. The van der Waals surface area contributed by atoms with E-state index in [0.29, 0.717) is 0 Å². The third kappa shape index (κ3) is 3.16. The Bertz CT molecular complexity index is 414. The van der Waals surface area contributed by atoms with Crippen LogP contribution in [0.3, 0.4) is 0 Å². The minimum Gasteiger partial charge on any atom is -0.363 e. The maximum Gasteiger partial charge on any atom is 0.254 e. The van der Waals surface area contributed by atoms with Crippen LogP contribution in [0.4, 0.5) is 5.82 Å². The number of amides is 1. The van der Waals surface area contributed by atoms with E-state index in [1.165, 1.54) is 0 Å². The molecule has 0 saturated carbocycles. The number of carbonyl (C=O) groups is 1. The van der Waals surface area contributed by atoms with E-state index in [9.17, 15) is 4.79 Å². The molecule has 0 unspecified atom stereocenters. The molecule has 1 aromatic heterocycles. The summed E-state index contributed by atoms with van der Waals surface area (Å²) in [5.74, 6) is 3.15. The zero-order chi connectivity index (χ0) is 13.0. The Morgan fingerprint density at radius 1 is 1.39 bits per heavy atom. The van der Waals surface area contributed by atoms with Crippen LogP contribution >= 0.6 is 11.8 Å². The Hall–Kier alpha value is -1.23. The highest BCUT2D eigenvalue weighted by molar-refractivity contribution is 7.99. The second-order valence-electron chi connectivity index (χ2n) is 4.56. The standard InChI is InChI=1S/C13H19N3OS/c1-15(2)12-10-11(4-5-14-12)13(17)16-6-3-8-18-9-7-16/h4-5,10H,3,6-9H2,1-2H3. The number of anilines is 1. The number of pyridine rings is 1. The Labute approximate surface area is 112 Å². The predicted molar refractivity (Wildman–Crippen MR) is 76.4 cm³/mol. The van der Waals surface area contributed by atoms with E-state index in [-0.39, 0.29) is 5.91 Å². The number of rotatable bonds is 2. The number of carbonyl (C=O) groups excluding carboxylic acids is 1. The molecule has 2 rings (SSSR count). The third-order valence-electron chi connectivity index (χ3n) is 2.96. The first-order valence-corrected chi connectivity index (χ1v) is 7.34. The monoisotopic (exact) mass is 265 g/mol. The summed E-state index contributed by atoms with van der Waals surface area (Å²) in [7, 11) is 3.86. The Morgan fingerprint density at radius 2 is 2.22 bits per heavy atom. The van der Waals surface area contributed by atoms with E-state index in [2.05, 4.69) is 4.98 Å². The summed E-state index contributed by atoms with van der Waals surface area (Å²) < 4.78 is 0. The number of thioether (sulfide) groups is 1. The molecule has 0 atom stereocenters. The number of hydrogen-bond donors (Lipinski definition) is 0. The molecule has 0 N–H and O–H groups in total. The van der Waals surface area contributed by atoms with Crippen molar-refractivity contribution in [3.05, 3.63) is 23.9 Å². The van der Waals surface area contributed by atoms with Gasteiger partial charge in [-0.1, -0.05) is 0 Å². The van der Waals surface area contributed by atoms with Gasteiger partial charge >= 0.3 is 0 Å². The lowest BCUT2D eigenvalue weighted by Gasteiger charge is -2.20. The van der Waals surface area contributed by atoms with Gasteiger partial charge in [-0.2, -0.15) is 11.8 Å². The largest absolute Gasteiger partial charge is 0.363 e. The van der Waals surface area contributed by atoms with Gasteiger partial charge in [-0.25, -0.2) is 4.98 Å². The predicted octanol–water partition coefficient (Wildman–Crippen LogP) is 1.73. The van der Waals surface area contributed by atoms with Gasteiger partial charge in [0, 0.05) is 44.7 Å². The molecule has 0 aliphatic carbocycles. The lowest BCUT2D eigenvalue weighted by Crippen LogP contribution is -2.33. The van der Waals surface area contributed by atoms with Crippen LogP contribution in [0, 0.1) is 0 Å². The van der Waals surface area contributed by atoms with Crippen LogP contribution in [0.5, 0.6) is 0 Å². The Morgan fingerprint density at radius 3 is 3.00 bits per heavy atom. The smallest absolute Gasteiger partial charge is 0.254 e. The van der Waals surface area contributed by atoms with Gasteiger partial charge in [0.25, 0.3) is 5.91 Å². The second kappa shape index (κ2) is 6.09. The minimum atomic E-state index is 0.128. The molecule has 0 radical (unpaired) electrons. The maximum atomic E-state index is 12.4. The van der Waals surface area contributed by atoms with Gasteiger partial charge < -0.3 is 9.80 Å². The lowest BCUT2D eigenvalue weighted by molar-refractivity contribution is 0.0768. The van der Waals surface area contributed by atoms with Crippen molar-refractivity contribution in [3.8, 4) is 0 Å². The van der Waals surface area contributed by atoms with Crippen molar-refractivity contribution in [2.45, 2.75) is 6.42 Å². The summed E-state index contributed by atoms with van der Waals surface area (Å²) in [6.07, 6.45) is 2.79. The summed E-state index contributed by atoms with van der Waals surface area (Å²) in [5, 5.41) is 0. The van der Waals surface area contributed by atoms with Gasteiger partial charge in [0.15, 0.2) is 0 Å². The molecule has 0 spiro atoms. The Kier molecular flexibility index (Phi) is 4.47. The molecule has 4 nitrogen and oxygen atoms in total. The van der Waals surface area contributed by atoms with E-state index in [1.54, 1.807) is 12.3 Å². The summed E-state index contributed by atoms with van der Waals surface area (Å²) in [4.78, 5) is 20.5. The number of hydrogen-bond acceptors (Lipinski definition) is 4. The summed E-state index contributed by atoms with van der Waals surface area (Å²) >= 11 is 1.93. The maximum absolute atomic E-state index is 12.4. The number of aromatic nitrogens is 1.